The second kappa shape index (κ2) is 11.9. The van der Waals surface area contributed by atoms with Gasteiger partial charge in [-0.15, -0.1) is 0 Å². The Kier molecular flexibility index (Phi) is 8.11. The Morgan fingerprint density at radius 2 is 2.13 bits per heavy atom. The molecule has 2 aromatic heterocycles. The van der Waals surface area contributed by atoms with Gasteiger partial charge in [0.15, 0.2) is 12.2 Å². The molecule has 5 rings (SSSR count). The molecule has 2 aliphatic rings. The largest absolute Gasteiger partial charge is 0.486 e. The van der Waals surface area contributed by atoms with Crippen LogP contribution in [0.2, 0.25) is 0 Å². The van der Waals surface area contributed by atoms with Crippen LogP contribution in [0.1, 0.15) is 59.1 Å². The van der Waals surface area contributed by atoms with E-state index in [2.05, 4.69) is 25.6 Å². The van der Waals surface area contributed by atoms with E-state index in [9.17, 15) is 9.90 Å². The molecule has 206 valence electrons. The molecule has 2 atom stereocenters. The number of aromatic nitrogens is 2. The summed E-state index contributed by atoms with van der Waals surface area (Å²) in [5.74, 6) is 2.59. The van der Waals surface area contributed by atoms with E-state index in [0.29, 0.717) is 42.0 Å². The molecule has 10 nitrogen and oxygen atoms in total. The van der Waals surface area contributed by atoms with Gasteiger partial charge in [0.1, 0.15) is 24.0 Å². The van der Waals surface area contributed by atoms with Gasteiger partial charge in [-0.3, -0.25) is 9.79 Å². The number of nitrogens with zero attached hydrogens (tertiary/aromatic N) is 4. The molecule has 0 saturated heterocycles. The van der Waals surface area contributed by atoms with Crippen LogP contribution in [0.25, 0.3) is 0 Å². The zero-order valence-corrected chi connectivity index (χ0v) is 22.7. The van der Waals surface area contributed by atoms with Crippen LogP contribution in [0.5, 0.6) is 5.75 Å². The first-order valence-electron chi connectivity index (χ1n) is 13.5. The summed E-state index contributed by atoms with van der Waals surface area (Å²) >= 11 is 0. The highest BCUT2D eigenvalue weighted by Crippen LogP contribution is 2.26. The lowest BCUT2D eigenvalue weighted by Crippen LogP contribution is -2.40. The quantitative estimate of drug-likeness (QED) is 0.343. The number of ether oxygens (including phenoxy) is 1. The average Bonchev–Trinajstić information content (AvgIpc) is 3.35. The highest BCUT2D eigenvalue weighted by atomic mass is 16.5. The fourth-order valence-electron chi connectivity index (χ4n) is 4.55. The molecule has 1 fully saturated rings. The van der Waals surface area contributed by atoms with Crippen molar-refractivity contribution in [1.29, 1.82) is 0 Å². The number of aryl methyl sites for hydroxylation is 1. The normalized spacial score (nSPS) is 17.2. The molecule has 3 aromatic rings. The molecule has 1 amide bonds. The van der Waals surface area contributed by atoms with Gasteiger partial charge < -0.3 is 29.8 Å². The first-order chi connectivity index (χ1) is 18.9. The molecule has 39 heavy (non-hydrogen) atoms. The molecule has 3 heterocycles. The topological polar surface area (TPSA) is 125 Å². The van der Waals surface area contributed by atoms with Crippen molar-refractivity contribution >= 4 is 23.8 Å². The lowest BCUT2D eigenvalue weighted by Gasteiger charge is -2.28. The van der Waals surface area contributed by atoms with Gasteiger partial charge in [0, 0.05) is 38.0 Å². The number of anilines is 2. The molecule has 1 saturated carbocycles. The Morgan fingerprint density at radius 3 is 2.85 bits per heavy atom. The van der Waals surface area contributed by atoms with Crippen LogP contribution in [0.4, 0.5) is 11.6 Å². The van der Waals surface area contributed by atoms with Crippen LogP contribution in [-0.2, 0) is 13.0 Å². The van der Waals surface area contributed by atoms with Gasteiger partial charge in [-0.25, -0.2) is 9.97 Å². The molecule has 0 spiro atoms. The molecule has 10 heteroatoms. The highest BCUT2D eigenvalue weighted by molar-refractivity contribution is 5.95. The SMILES string of the molecule is CCN(C)c1cc(C(=O)NC[C@@H](O)C2Cc3ccc(OCc4ocnc4C)cc3C=N2)cc(NC2CCC2)n1. The van der Waals surface area contributed by atoms with Gasteiger partial charge in [0.05, 0.1) is 17.8 Å². The van der Waals surface area contributed by atoms with Crippen LogP contribution >= 0.6 is 0 Å². The number of aliphatic hydroxyl groups is 1. The Morgan fingerprint density at radius 1 is 1.28 bits per heavy atom. The van der Waals surface area contributed by atoms with E-state index in [-0.39, 0.29) is 18.5 Å². The maximum atomic E-state index is 13.1. The van der Waals surface area contributed by atoms with Crippen LogP contribution in [0, 0.1) is 6.92 Å². The standard InChI is InChI=1S/C29H36N6O4/c1-4-35(3)28-13-20(12-27(34-28)33-22-6-5-7-22)29(37)31-15-25(36)24-11-19-8-9-23(10-21(19)14-30-24)38-16-26-18(2)32-17-39-26/h8-10,12-14,17,22,24-25,36H,4-7,11,15-16H2,1-3H3,(H,31,37)(H,33,34)/t24?,25-/m1/s1. The van der Waals surface area contributed by atoms with Crippen molar-refractivity contribution in [2.75, 3.05) is 30.4 Å². The molecular formula is C29H36N6O4. The molecular weight excluding hydrogens is 496 g/mol. The first-order valence-corrected chi connectivity index (χ1v) is 13.5. The summed E-state index contributed by atoms with van der Waals surface area (Å²) < 4.78 is 11.2. The smallest absolute Gasteiger partial charge is 0.251 e. The molecule has 1 aromatic carbocycles. The number of rotatable bonds is 11. The average molecular weight is 533 g/mol. The number of carbonyl (C=O) groups excluding carboxylic acids is 1. The predicted octanol–water partition coefficient (Wildman–Crippen LogP) is 3.51. The maximum Gasteiger partial charge on any atom is 0.251 e. The predicted molar refractivity (Wildman–Crippen MR) is 150 cm³/mol. The minimum atomic E-state index is -0.823. The number of hydrogen-bond acceptors (Lipinski definition) is 9. The van der Waals surface area contributed by atoms with Crippen molar-refractivity contribution in [3.63, 3.8) is 0 Å². The third kappa shape index (κ3) is 6.39. The Labute approximate surface area is 228 Å². The fourth-order valence-corrected chi connectivity index (χ4v) is 4.55. The zero-order chi connectivity index (χ0) is 27.4. The van der Waals surface area contributed by atoms with Gasteiger partial charge in [-0.05, 0) is 74.9 Å². The summed E-state index contributed by atoms with van der Waals surface area (Å²) in [6.45, 7) is 5.09. The molecule has 1 unspecified atom stereocenters. The number of aliphatic hydroxyl groups excluding tert-OH is 1. The van der Waals surface area contributed by atoms with Crippen molar-refractivity contribution in [3.8, 4) is 5.75 Å². The summed E-state index contributed by atoms with van der Waals surface area (Å²) in [4.78, 5) is 28.4. The van der Waals surface area contributed by atoms with Crippen LogP contribution < -0.4 is 20.3 Å². The number of nitrogens with one attached hydrogen (secondary N) is 2. The molecule has 0 radical (unpaired) electrons. The van der Waals surface area contributed by atoms with Gasteiger partial charge >= 0.3 is 0 Å². The molecule has 3 N–H and O–H groups in total. The second-order valence-corrected chi connectivity index (χ2v) is 10.2. The summed E-state index contributed by atoms with van der Waals surface area (Å²) in [6.07, 6.45) is 6.36. The summed E-state index contributed by atoms with van der Waals surface area (Å²) in [6, 6.07) is 9.44. The van der Waals surface area contributed by atoms with E-state index in [1.54, 1.807) is 18.3 Å². The van der Waals surface area contributed by atoms with Crippen LogP contribution in [0.15, 0.2) is 46.1 Å². The number of carbonyl (C=O) groups is 1. The van der Waals surface area contributed by atoms with Crippen LogP contribution in [-0.4, -0.2) is 65.5 Å². The number of amides is 1. The van der Waals surface area contributed by atoms with Crippen molar-refractivity contribution in [2.24, 2.45) is 4.99 Å². The monoisotopic (exact) mass is 532 g/mol. The number of benzene rings is 1. The third-order valence-electron chi connectivity index (χ3n) is 7.48. The van der Waals surface area contributed by atoms with Gasteiger partial charge in [-0.2, -0.15) is 0 Å². The lowest BCUT2D eigenvalue weighted by atomic mass is 9.93. The van der Waals surface area contributed by atoms with Crippen molar-refractivity contribution in [1.82, 2.24) is 15.3 Å². The number of hydrogen-bond donors (Lipinski definition) is 3. The number of oxazole rings is 1. The zero-order valence-electron chi connectivity index (χ0n) is 22.7. The van der Waals surface area contributed by atoms with Crippen molar-refractivity contribution in [3.05, 3.63) is 64.9 Å². The van der Waals surface area contributed by atoms with E-state index >= 15 is 0 Å². The Bertz CT molecular complexity index is 1340. The second-order valence-electron chi connectivity index (χ2n) is 10.2. The molecule has 1 aliphatic heterocycles. The number of pyridine rings is 1. The van der Waals surface area contributed by atoms with Crippen molar-refractivity contribution in [2.45, 2.75) is 64.3 Å². The Balaban J connectivity index is 1.18. The summed E-state index contributed by atoms with van der Waals surface area (Å²) in [5.41, 5.74) is 3.34. The minimum Gasteiger partial charge on any atom is -0.486 e. The van der Waals surface area contributed by atoms with E-state index in [1.165, 1.54) is 12.8 Å². The molecule has 1 aliphatic carbocycles. The van der Waals surface area contributed by atoms with E-state index < -0.39 is 6.10 Å². The number of aliphatic imine (C=N–C) groups is 1. The Hall–Kier alpha value is -3.92. The minimum absolute atomic E-state index is 0.0978. The van der Waals surface area contributed by atoms with Crippen LogP contribution in [0.3, 0.4) is 0 Å². The lowest BCUT2D eigenvalue weighted by molar-refractivity contribution is 0.0897. The third-order valence-corrected chi connectivity index (χ3v) is 7.48. The summed E-state index contributed by atoms with van der Waals surface area (Å²) in [7, 11) is 1.95. The van der Waals surface area contributed by atoms with Gasteiger partial charge in [-0.1, -0.05) is 6.07 Å². The van der Waals surface area contributed by atoms with Gasteiger partial charge in [0.2, 0.25) is 0 Å². The number of fused-ring (bicyclic) bond motifs is 1. The fraction of sp³-hybridized carbons (Fsp3) is 0.448. The van der Waals surface area contributed by atoms with Crippen molar-refractivity contribution < 1.29 is 19.1 Å². The first kappa shape index (κ1) is 26.7. The highest BCUT2D eigenvalue weighted by Gasteiger charge is 2.24. The van der Waals surface area contributed by atoms with E-state index in [0.717, 1.165) is 42.0 Å². The van der Waals surface area contributed by atoms with E-state index in [1.807, 2.05) is 44.0 Å². The van der Waals surface area contributed by atoms with Gasteiger partial charge in [0.25, 0.3) is 5.91 Å². The maximum absolute atomic E-state index is 13.1. The molecule has 0 bridgehead atoms. The van der Waals surface area contributed by atoms with E-state index in [4.69, 9.17) is 9.15 Å². The summed E-state index contributed by atoms with van der Waals surface area (Å²) in [5, 5.41) is 17.2.